The minimum absolute atomic E-state index is 0.341. The Hall–Kier alpha value is -1.24. The van der Waals surface area contributed by atoms with E-state index in [0.29, 0.717) is 5.41 Å². The van der Waals surface area contributed by atoms with Crippen LogP contribution >= 0.6 is 0 Å². The van der Waals surface area contributed by atoms with E-state index in [-0.39, 0.29) is 0 Å². The van der Waals surface area contributed by atoms with Gasteiger partial charge in [0.2, 0.25) is 0 Å². The number of nitrogens with two attached hydrogens (primary N) is 1. The molecule has 1 nitrogen and oxygen atoms in total. The largest absolute Gasteiger partial charge is 0.403 e. The van der Waals surface area contributed by atoms with Crippen LogP contribution in [0.25, 0.3) is 0 Å². The minimum Gasteiger partial charge on any atom is -0.403 e. The molecule has 20 heavy (non-hydrogen) atoms. The van der Waals surface area contributed by atoms with E-state index in [1.54, 1.807) is 0 Å². The number of hydrogen-bond acceptors (Lipinski definition) is 1. The van der Waals surface area contributed by atoms with E-state index in [1.807, 2.05) is 0 Å². The zero-order valence-corrected chi connectivity index (χ0v) is 13.5. The van der Waals surface area contributed by atoms with Crippen LogP contribution < -0.4 is 5.73 Å². The molecular formula is C19H31N. The van der Waals surface area contributed by atoms with Crippen molar-refractivity contribution in [2.24, 2.45) is 5.73 Å². The molecule has 0 atom stereocenters. The molecule has 0 aliphatic carbocycles. The van der Waals surface area contributed by atoms with E-state index in [4.69, 9.17) is 5.73 Å². The summed E-state index contributed by atoms with van der Waals surface area (Å²) >= 11 is 0. The molecule has 0 saturated carbocycles. The fourth-order valence-electron chi connectivity index (χ4n) is 3.11. The van der Waals surface area contributed by atoms with Gasteiger partial charge in [-0.05, 0) is 48.6 Å². The van der Waals surface area contributed by atoms with Crippen LogP contribution in [-0.4, -0.2) is 0 Å². The Labute approximate surface area is 125 Å². The van der Waals surface area contributed by atoms with Crippen LogP contribution in [-0.2, 0) is 11.8 Å². The standard InChI is InChI=1S/C19H31N/c1-5-14-19(4,15-6-2)18-12-10-17(11-13-18)9-7-8-16(3)20/h10-13H,3,5-9,14-15,20H2,1-2,4H3. The molecule has 0 aliphatic heterocycles. The van der Waals surface area contributed by atoms with Gasteiger partial charge in [-0.25, -0.2) is 0 Å². The molecule has 1 rings (SSSR count). The van der Waals surface area contributed by atoms with Crippen LogP contribution in [0.2, 0.25) is 0 Å². The van der Waals surface area contributed by atoms with Crippen molar-refractivity contribution >= 4 is 0 Å². The summed E-state index contributed by atoms with van der Waals surface area (Å²) in [5, 5.41) is 0. The van der Waals surface area contributed by atoms with Crippen LogP contribution in [0.4, 0.5) is 0 Å². The van der Waals surface area contributed by atoms with Crippen molar-refractivity contribution in [3.63, 3.8) is 0 Å². The minimum atomic E-state index is 0.341. The summed E-state index contributed by atoms with van der Waals surface area (Å²) < 4.78 is 0. The van der Waals surface area contributed by atoms with Gasteiger partial charge in [-0.15, -0.1) is 0 Å². The van der Waals surface area contributed by atoms with Crippen LogP contribution in [0.5, 0.6) is 0 Å². The second-order valence-electron chi connectivity index (χ2n) is 6.27. The summed E-state index contributed by atoms with van der Waals surface area (Å²) in [5.74, 6) is 0. The highest BCUT2D eigenvalue weighted by Gasteiger charge is 2.24. The van der Waals surface area contributed by atoms with E-state index in [2.05, 4.69) is 51.6 Å². The molecule has 0 saturated heterocycles. The molecule has 0 spiro atoms. The lowest BCUT2D eigenvalue weighted by Crippen LogP contribution is -2.21. The molecule has 0 aromatic heterocycles. The van der Waals surface area contributed by atoms with Gasteiger partial charge in [-0.2, -0.15) is 0 Å². The molecule has 112 valence electrons. The highest BCUT2D eigenvalue weighted by Crippen LogP contribution is 2.34. The SMILES string of the molecule is C=C(N)CCCc1ccc(C(C)(CCC)CCC)cc1. The summed E-state index contributed by atoms with van der Waals surface area (Å²) in [6.45, 7) is 10.7. The normalized spacial score (nSPS) is 11.6. The molecule has 1 aromatic rings. The lowest BCUT2D eigenvalue weighted by Gasteiger charge is -2.30. The van der Waals surface area contributed by atoms with Gasteiger partial charge >= 0.3 is 0 Å². The Balaban J connectivity index is 2.70. The van der Waals surface area contributed by atoms with Crippen molar-refractivity contribution in [3.05, 3.63) is 47.7 Å². The van der Waals surface area contributed by atoms with Gasteiger partial charge in [0, 0.05) is 5.70 Å². The number of hydrogen-bond donors (Lipinski definition) is 1. The van der Waals surface area contributed by atoms with Gasteiger partial charge in [-0.1, -0.05) is 64.5 Å². The summed E-state index contributed by atoms with van der Waals surface area (Å²) in [6.07, 6.45) is 8.14. The average Bonchev–Trinajstić information content (AvgIpc) is 2.39. The second kappa shape index (κ2) is 8.14. The fourth-order valence-corrected chi connectivity index (χ4v) is 3.11. The third kappa shape index (κ3) is 5.03. The molecule has 0 heterocycles. The van der Waals surface area contributed by atoms with Gasteiger partial charge in [0.05, 0.1) is 0 Å². The van der Waals surface area contributed by atoms with Crippen LogP contribution in [0, 0.1) is 0 Å². The topological polar surface area (TPSA) is 26.0 Å². The van der Waals surface area contributed by atoms with Crippen molar-refractivity contribution in [2.75, 3.05) is 0 Å². The first-order valence-electron chi connectivity index (χ1n) is 8.04. The first-order chi connectivity index (χ1) is 9.51. The molecule has 2 N–H and O–H groups in total. The fraction of sp³-hybridized carbons (Fsp3) is 0.579. The molecule has 0 bridgehead atoms. The monoisotopic (exact) mass is 273 g/mol. The Kier molecular flexibility index (Phi) is 6.84. The Morgan fingerprint density at radius 2 is 1.65 bits per heavy atom. The lowest BCUT2D eigenvalue weighted by atomic mass is 9.75. The third-order valence-corrected chi connectivity index (χ3v) is 4.22. The summed E-state index contributed by atoms with van der Waals surface area (Å²) in [5.41, 5.74) is 9.64. The summed E-state index contributed by atoms with van der Waals surface area (Å²) in [4.78, 5) is 0. The smallest absolute Gasteiger partial charge is 0.000755 e. The van der Waals surface area contributed by atoms with Gasteiger partial charge in [0.1, 0.15) is 0 Å². The van der Waals surface area contributed by atoms with Crippen molar-refractivity contribution in [1.29, 1.82) is 0 Å². The van der Waals surface area contributed by atoms with Gasteiger partial charge < -0.3 is 5.73 Å². The summed E-state index contributed by atoms with van der Waals surface area (Å²) in [7, 11) is 0. The van der Waals surface area contributed by atoms with E-state index in [9.17, 15) is 0 Å². The molecule has 1 aromatic carbocycles. The highest BCUT2D eigenvalue weighted by atomic mass is 14.5. The molecule has 0 aliphatic rings. The predicted octanol–water partition coefficient (Wildman–Crippen LogP) is 5.34. The maximum absolute atomic E-state index is 5.61. The van der Waals surface area contributed by atoms with Gasteiger partial charge in [0.25, 0.3) is 0 Å². The first kappa shape index (κ1) is 16.8. The van der Waals surface area contributed by atoms with Crippen LogP contribution in [0.15, 0.2) is 36.5 Å². The highest BCUT2D eigenvalue weighted by molar-refractivity contribution is 5.29. The summed E-state index contributed by atoms with van der Waals surface area (Å²) in [6, 6.07) is 9.24. The lowest BCUT2D eigenvalue weighted by molar-refractivity contribution is 0.392. The zero-order valence-electron chi connectivity index (χ0n) is 13.5. The Morgan fingerprint density at radius 1 is 1.10 bits per heavy atom. The maximum Gasteiger partial charge on any atom is 0.000755 e. The number of aryl methyl sites for hydroxylation is 1. The van der Waals surface area contributed by atoms with Gasteiger partial charge in [0.15, 0.2) is 0 Å². The van der Waals surface area contributed by atoms with E-state index in [0.717, 1.165) is 25.0 Å². The molecule has 0 unspecified atom stereocenters. The quantitative estimate of drug-likeness (QED) is 0.645. The number of allylic oxidation sites excluding steroid dienone is 1. The molecule has 0 amide bonds. The van der Waals surface area contributed by atoms with E-state index in [1.165, 1.54) is 36.8 Å². The zero-order chi connectivity index (χ0) is 15.0. The second-order valence-corrected chi connectivity index (χ2v) is 6.27. The van der Waals surface area contributed by atoms with Crippen LogP contribution in [0.1, 0.15) is 70.4 Å². The average molecular weight is 273 g/mol. The predicted molar refractivity (Wildman–Crippen MR) is 89.9 cm³/mol. The van der Waals surface area contributed by atoms with E-state index < -0.39 is 0 Å². The number of rotatable bonds is 9. The third-order valence-electron chi connectivity index (χ3n) is 4.22. The van der Waals surface area contributed by atoms with Crippen molar-refractivity contribution in [2.45, 2.75) is 71.1 Å². The van der Waals surface area contributed by atoms with Crippen molar-refractivity contribution in [3.8, 4) is 0 Å². The van der Waals surface area contributed by atoms with Gasteiger partial charge in [-0.3, -0.25) is 0 Å². The van der Waals surface area contributed by atoms with E-state index >= 15 is 0 Å². The maximum atomic E-state index is 5.61. The Bertz CT molecular complexity index is 396. The molecule has 1 heteroatoms. The molecular weight excluding hydrogens is 242 g/mol. The molecule has 0 fully saturated rings. The first-order valence-corrected chi connectivity index (χ1v) is 8.04. The van der Waals surface area contributed by atoms with Crippen molar-refractivity contribution < 1.29 is 0 Å². The van der Waals surface area contributed by atoms with Crippen molar-refractivity contribution in [1.82, 2.24) is 0 Å². The molecule has 0 radical (unpaired) electrons. The number of benzene rings is 1. The van der Waals surface area contributed by atoms with Crippen LogP contribution in [0.3, 0.4) is 0 Å². The Morgan fingerprint density at radius 3 is 2.10 bits per heavy atom.